The number of hydrogen-bond donors (Lipinski definition) is 1. The smallest absolute Gasteiger partial charge is 0.437 e. The van der Waals surface area contributed by atoms with E-state index in [2.05, 4.69) is 4.74 Å². The maximum Gasteiger partial charge on any atom is 0.437 e. The lowest BCUT2D eigenvalue weighted by Crippen LogP contribution is -2.67. The van der Waals surface area contributed by atoms with Crippen LogP contribution >= 0.6 is 0 Å². The maximum absolute atomic E-state index is 14.3. The number of esters is 1. The molecule has 0 aromatic carbocycles. The fraction of sp³-hybridized carbons (Fsp3) is 0.958. The van der Waals surface area contributed by atoms with Gasteiger partial charge in [-0.15, -0.1) is 0 Å². The molecule has 15 heteroatoms. The zero-order chi connectivity index (χ0) is 31.5. The Hall–Kier alpha value is -1.41. The van der Waals surface area contributed by atoms with Gasteiger partial charge in [-0.1, -0.05) is 41.5 Å². The average molecular weight is 599 g/mol. The molecule has 0 radical (unpaired) electrons. The van der Waals surface area contributed by atoms with E-state index in [1.807, 2.05) is 0 Å². The summed E-state index contributed by atoms with van der Waals surface area (Å²) >= 11 is 0. The van der Waals surface area contributed by atoms with Gasteiger partial charge in [-0.2, -0.15) is 52.7 Å². The Morgan fingerprint density at radius 3 is 1.23 bits per heavy atom. The monoisotopic (exact) mass is 598 g/mol. The molecular weight excluding hydrogens is 564 g/mol. The molecule has 0 aromatic rings. The van der Waals surface area contributed by atoms with Gasteiger partial charge in [-0.25, -0.2) is 0 Å². The lowest BCUT2D eigenvalue weighted by molar-refractivity contribution is -0.400. The number of carbonyl (C=O) groups excluding carboxylic acids is 1. The van der Waals surface area contributed by atoms with Crippen molar-refractivity contribution in [3.8, 4) is 0 Å². The van der Waals surface area contributed by atoms with Crippen LogP contribution < -0.4 is 0 Å². The van der Waals surface area contributed by atoms with Gasteiger partial charge >= 0.3 is 36.3 Å². The van der Waals surface area contributed by atoms with Crippen LogP contribution in [-0.4, -0.2) is 47.0 Å². The van der Waals surface area contributed by atoms with Gasteiger partial charge in [0.1, 0.15) is 0 Å². The summed E-state index contributed by atoms with van der Waals surface area (Å²) in [6.45, 7) is 10.1. The van der Waals surface area contributed by atoms with E-state index in [-0.39, 0.29) is 6.42 Å². The van der Waals surface area contributed by atoms with Gasteiger partial charge in [0, 0.05) is 11.8 Å². The first-order valence-electron chi connectivity index (χ1n) is 12.0. The molecular formula is C24H34F12O3. The Kier molecular flexibility index (Phi) is 9.26. The van der Waals surface area contributed by atoms with E-state index < -0.39 is 95.6 Å². The molecule has 232 valence electrons. The molecule has 0 bridgehead atoms. The Morgan fingerprint density at radius 1 is 0.641 bits per heavy atom. The van der Waals surface area contributed by atoms with Crippen molar-refractivity contribution in [1.82, 2.24) is 0 Å². The summed E-state index contributed by atoms with van der Waals surface area (Å²) in [5.74, 6) is -7.39. The lowest BCUT2D eigenvalue weighted by Gasteiger charge is -2.50. The van der Waals surface area contributed by atoms with Crippen LogP contribution in [0.1, 0.15) is 80.6 Å². The first-order chi connectivity index (χ1) is 16.8. The molecule has 1 rings (SSSR count). The van der Waals surface area contributed by atoms with Crippen molar-refractivity contribution in [2.24, 2.45) is 28.1 Å². The van der Waals surface area contributed by atoms with E-state index >= 15 is 0 Å². The van der Waals surface area contributed by atoms with Crippen molar-refractivity contribution in [2.45, 2.75) is 116 Å². The number of ether oxygens (including phenoxy) is 1. The molecule has 0 saturated heterocycles. The van der Waals surface area contributed by atoms with E-state index in [4.69, 9.17) is 0 Å². The Bertz CT molecular complexity index is 836. The topological polar surface area (TPSA) is 46.5 Å². The van der Waals surface area contributed by atoms with Crippen LogP contribution in [0, 0.1) is 28.1 Å². The summed E-state index contributed by atoms with van der Waals surface area (Å²) in [7, 11) is 0. The first kappa shape index (κ1) is 35.6. The van der Waals surface area contributed by atoms with Crippen LogP contribution in [0.5, 0.6) is 0 Å². The second-order valence-corrected chi connectivity index (χ2v) is 12.8. The molecule has 1 unspecified atom stereocenters. The van der Waals surface area contributed by atoms with Gasteiger partial charge in [0.2, 0.25) is 0 Å². The largest absolute Gasteiger partial charge is 0.439 e. The highest BCUT2D eigenvalue weighted by molar-refractivity contribution is 5.78. The third-order valence-corrected chi connectivity index (χ3v) is 7.84. The number of aliphatic hydroxyl groups is 1. The van der Waals surface area contributed by atoms with Crippen molar-refractivity contribution in [1.29, 1.82) is 0 Å². The van der Waals surface area contributed by atoms with Gasteiger partial charge in [-0.3, -0.25) is 4.79 Å². The van der Waals surface area contributed by atoms with Gasteiger partial charge < -0.3 is 9.84 Å². The summed E-state index contributed by atoms with van der Waals surface area (Å²) < 4.78 is 170. The molecule has 1 atom stereocenters. The van der Waals surface area contributed by atoms with Crippen molar-refractivity contribution in [3.05, 3.63) is 0 Å². The van der Waals surface area contributed by atoms with Crippen molar-refractivity contribution in [2.75, 3.05) is 0 Å². The summed E-state index contributed by atoms with van der Waals surface area (Å²) in [6, 6.07) is 0. The van der Waals surface area contributed by atoms with Gasteiger partial charge in [-0.05, 0) is 49.9 Å². The van der Waals surface area contributed by atoms with Crippen LogP contribution in [0.15, 0.2) is 0 Å². The number of carbonyl (C=O) groups is 1. The molecule has 3 nitrogen and oxygen atoms in total. The van der Waals surface area contributed by atoms with Crippen LogP contribution in [0.3, 0.4) is 0 Å². The second-order valence-electron chi connectivity index (χ2n) is 12.8. The normalized spacial score (nSPS) is 22.9. The average Bonchev–Trinajstić information content (AvgIpc) is 2.65. The van der Waals surface area contributed by atoms with E-state index in [1.165, 1.54) is 20.8 Å². The molecule has 1 saturated carbocycles. The zero-order valence-electron chi connectivity index (χ0n) is 22.5. The molecule has 0 spiro atoms. The molecule has 0 aliphatic heterocycles. The molecule has 1 aliphatic carbocycles. The predicted octanol–water partition coefficient (Wildman–Crippen LogP) is 8.54. The van der Waals surface area contributed by atoms with Crippen LogP contribution in [0.4, 0.5) is 52.7 Å². The van der Waals surface area contributed by atoms with E-state index in [1.54, 1.807) is 20.8 Å². The molecule has 1 aliphatic rings. The maximum atomic E-state index is 14.3. The van der Waals surface area contributed by atoms with Crippen LogP contribution in [0.2, 0.25) is 0 Å². The molecule has 39 heavy (non-hydrogen) atoms. The Morgan fingerprint density at radius 2 is 0.974 bits per heavy atom. The molecule has 1 N–H and O–H groups in total. The van der Waals surface area contributed by atoms with Crippen molar-refractivity contribution in [3.63, 3.8) is 0 Å². The van der Waals surface area contributed by atoms with Gasteiger partial charge in [0.05, 0.1) is 5.41 Å². The Labute approximate surface area is 218 Å². The highest BCUT2D eigenvalue weighted by atomic mass is 19.4. The minimum atomic E-state index is -6.33. The first-order valence-corrected chi connectivity index (χ1v) is 12.0. The summed E-state index contributed by atoms with van der Waals surface area (Å²) in [5.41, 5.74) is -14.5. The van der Waals surface area contributed by atoms with Crippen molar-refractivity contribution >= 4 is 5.97 Å². The van der Waals surface area contributed by atoms with E-state index in [0.29, 0.717) is 0 Å². The number of hydrogen-bond acceptors (Lipinski definition) is 3. The fourth-order valence-corrected chi connectivity index (χ4v) is 5.33. The Balaban J connectivity index is 3.65. The second kappa shape index (κ2) is 10.1. The van der Waals surface area contributed by atoms with E-state index in [0.717, 1.165) is 6.92 Å². The lowest BCUT2D eigenvalue weighted by atomic mass is 9.61. The molecule has 0 aromatic heterocycles. The quantitative estimate of drug-likeness (QED) is 0.255. The SMILES string of the molecule is CC(C)(C)CC(C)(C(=O)OC(C1CCC(C(O)(C(F)(F)F)C(F)(F)F)CC1)(C(F)(F)F)C(F)(F)F)C(C)(C)C. The summed E-state index contributed by atoms with van der Waals surface area (Å²) in [6.07, 6.45) is -31.5. The number of rotatable bonds is 5. The zero-order valence-corrected chi connectivity index (χ0v) is 22.5. The van der Waals surface area contributed by atoms with Crippen molar-refractivity contribution < 1.29 is 67.3 Å². The number of halogens is 12. The van der Waals surface area contributed by atoms with Crippen LogP contribution in [0.25, 0.3) is 0 Å². The molecule has 0 heterocycles. The van der Waals surface area contributed by atoms with Gasteiger partial charge in [0.25, 0.3) is 5.60 Å². The number of alkyl halides is 12. The summed E-state index contributed by atoms with van der Waals surface area (Å²) in [5, 5.41) is 9.59. The predicted molar refractivity (Wildman–Crippen MR) is 115 cm³/mol. The van der Waals surface area contributed by atoms with E-state index in [9.17, 15) is 62.6 Å². The standard InChI is InChI=1S/C24H34F12O3/c1-16(2,3)12-18(7,17(4,5)6)15(37)39-20(23(31,32)33,24(34,35)36)14-10-8-13(9-11-14)19(38,21(25,26)27)22(28,29)30/h13-14,38H,8-12H2,1-7H3. The third kappa shape index (κ3) is 6.42. The molecule has 1 fully saturated rings. The summed E-state index contributed by atoms with van der Waals surface area (Å²) in [4.78, 5) is 13.3. The minimum Gasteiger partial charge on any atom is -0.439 e. The fourth-order valence-electron chi connectivity index (χ4n) is 5.33. The highest BCUT2D eigenvalue weighted by Gasteiger charge is 2.79. The highest BCUT2D eigenvalue weighted by Crippen LogP contribution is 2.59. The third-order valence-electron chi connectivity index (χ3n) is 7.84. The molecule has 0 amide bonds. The minimum absolute atomic E-state index is 0.217. The van der Waals surface area contributed by atoms with Gasteiger partial charge in [0.15, 0.2) is 0 Å². The van der Waals surface area contributed by atoms with Crippen LogP contribution in [-0.2, 0) is 9.53 Å².